The standard InChI is InChI=1S/C17H13FO2/c1-20-16-7-6-11(9-15(16)18)8-13-10-12-4-2-3-5-14(12)17(13)19/h2-9H,10H2,1H3/b13-8+. The van der Waals surface area contributed by atoms with E-state index in [1.165, 1.54) is 13.2 Å². The van der Waals surface area contributed by atoms with Crippen molar-refractivity contribution in [2.24, 2.45) is 0 Å². The molecular formula is C17H13FO2. The summed E-state index contributed by atoms with van der Waals surface area (Å²) >= 11 is 0. The largest absolute Gasteiger partial charge is 0.494 e. The zero-order valence-corrected chi connectivity index (χ0v) is 11.0. The van der Waals surface area contributed by atoms with Gasteiger partial charge < -0.3 is 4.74 Å². The Hall–Kier alpha value is -2.42. The molecule has 100 valence electrons. The van der Waals surface area contributed by atoms with Crippen LogP contribution in [0, 0.1) is 5.82 Å². The normalized spacial score (nSPS) is 15.5. The molecule has 0 radical (unpaired) electrons. The average molecular weight is 268 g/mol. The molecule has 2 aromatic rings. The van der Waals surface area contributed by atoms with Crippen molar-refractivity contribution in [3.8, 4) is 5.75 Å². The zero-order valence-electron chi connectivity index (χ0n) is 11.0. The van der Waals surface area contributed by atoms with Gasteiger partial charge in [0.05, 0.1) is 7.11 Å². The SMILES string of the molecule is COc1ccc(/C=C2\Cc3ccccc3C2=O)cc1F. The number of methoxy groups -OCH3 is 1. The number of allylic oxidation sites excluding steroid dienone is 1. The highest BCUT2D eigenvalue weighted by Gasteiger charge is 2.23. The van der Waals surface area contributed by atoms with Gasteiger partial charge in [-0.05, 0) is 29.3 Å². The average Bonchev–Trinajstić information content (AvgIpc) is 2.76. The third-order valence-corrected chi connectivity index (χ3v) is 3.45. The summed E-state index contributed by atoms with van der Waals surface area (Å²) in [7, 11) is 1.42. The predicted octanol–water partition coefficient (Wildman–Crippen LogP) is 3.66. The second kappa shape index (κ2) is 4.93. The number of rotatable bonds is 2. The molecule has 0 heterocycles. The van der Waals surface area contributed by atoms with Crippen molar-refractivity contribution in [3.63, 3.8) is 0 Å². The lowest BCUT2D eigenvalue weighted by Gasteiger charge is -2.02. The van der Waals surface area contributed by atoms with Gasteiger partial charge >= 0.3 is 0 Å². The van der Waals surface area contributed by atoms with Crippen LogP contribution in [-0.4, -0.2) is 12.9 Å². The number of fused-ring (bicyclic) bond motifs is 1. The molecule has 1 aliphatic rings. The van der Waals surface area contributed by atoms with E-state index in [1.54, 1.807) is 18.2 Å². The third kappa shape index (κ3) is 2.11. The van der Waals surface area contributed by atoms with E-state index in [4.69, 9.17) is 4.74 Å². The van der Waals surface area contributed by atoms with Gasteiger partial charge in [-0.2, -0.15) is 0 Å². The number of halogens is 1. The van der Waals surface area contributed by atoms with Crippen LogP contribution in [0.5, 0.6) is 5.75 Å². The van der Waals surface area contributed by atoms with Gasteiger partial charge in [0, 0.05) is 17.6 Å². The van der Waals surface area contributed by atoms with E-state index >= 15 is 0 Å². The van der Waals surface area contributed by atoms with Gasteiger partial charge in [0.2, 0.25) is 0 Å². The van der Waals surface area contributed by atoms with Crippen LogP contribution in [0.3, 0.4) is 0 Å². The maximum atomic E-state index is 13.6. The van der Waals surface area contributed by atoms with E-state index in [0.717, 1.165) is 11.1 Å². The van der Waals surface area contributed by atoms with Gasteiger partial charge in [-0.15, -0.1) is 0 Å². The molecule has 0 spiro atoms. The molecular weight excluding hydrogens is 255 g/mol. The molecule has 2 aromatic carbocycles. The van der Waals surface area contributed by atoms with Crippen LogP contribution in [0.25, 0.3) is 6.08 Å². The molecule has 3 heteroatoms. The first kappa shape index (κ1) is 12.6. The Labute approximate surface area is 116 Å². The van der Waals surface area contributed by atoms with Gasteiger partial charge in [0.25, 0.3) is 0 Å². The van der Waals surface area contributed by atoms with Crippen LogP contribution >= 0.6 is 0 Å². The van der Waals surface area contributed by atoms with E-state index in [2.05, 4.69) is 0 Å². The summed E-state index contributed by atoms with van der Waals surface area (Å²) in [6.45, 7) is 0. The monoisotopic (exact) mass is 268 g/mol. The molecule has 0 atom stereocenters. The molecule has 20 heavy (non-hydrogen) atoms. The summed E-state index contributed by atoms with van der Waals surface area (Å²) < 4.78 is 18.5. The highest BCUT2D eigenvalue weighted by molar-refractivity contribution is 6.15. The first-order chi connectivity index (χ1) is 9.69. The molecule has 0 fully saturated rings. The number of carbonyl (C=O) groups excluding carboxylic acids is 1. The maximum Gasteiger partial charge on any atom is 0.189 e. The van der Waals surface area contributed by atoms with Crippen LogP contribution in [0.15, 0.2) is 48.0 Å². The Kier molecular flexibility index (Phi) is 3.11. The molecule has 0 bridgehead atoms. The fraction of sp³-hybridized carbons (Fsp3) is 0.118. The molecule has 0 aromatic heterocycles. The Morgan fingerprint density at radius 1 is 1.20 bits per heavy atom. The Balaban J connectivity index is 1.95. The summed E-state index contributed by atoms with van der Waals surface area (Å²) in [5.74, 6) is -0.199. The van der Waals surface area contributed by atoms with Crippen molar-refractivity contribution in [3.05, 3.63) is 70.5 Å². The van der Waals surface area contributed by atoms with Crippen molar-refractivity contribution in [1.29, 1.82) is 0 Å². The minimum atomic E-state index is -0.426. The quantitative estimate of drug-likeness (QED) is 0.777. The van der Waals surface area contributed by atoms with Crippen LogP contribution in [-0.2, 0) is 6.42 Å². The Morgan fingerprint density at radius 3 is 2.70 bits per heavy atom. The summed E-state index contributed by atoms with van der Waals surface area (Å²) in [6, 6.07) is 12.2. The number of ether oxygens (including phenoxy) is 1. The third-order valence-electron chi connectivity index (χ3n) is 3.45. The molecule has 0 saturated heterocycles. The molecule has 3 rings (SSSR count). The highest BCUT2D eigenvalue weighted by atomic mass is 19.1. The van der Waals surface area contributed by atoms with E-state index < -0.39 is 5.82 Å². The van der Waals surface area contributed by atoms with Crippen molar-refractivity contribution < 1.29 is 13.9 Å². The first-order valence-corrected chi connectivity index (χ1v) is 6.36. The lowest BCUT2D eigenvalue weighted by atomic mass is 10.1. The number of hydrogen-bond donors (Lipinski definition) is 0. The second-order valence-corrected chi connectivity index (χ2v) is 4.73. The Bertz CT molecular complexity index is 717. The lowest BCUT2D eigenvalue weighted by molar-refractivity contribution is 0.104. The topological polar surface area (TPSA) is 26.3 Å². The lowest BCUT2D eigenvalue weighted by Crippen LogP contribution is -1.95. The molecule has 2 nitrogen and oxygen atoms in total. The van der Waals surface area contributed by atoms with Crippen molar-refractivity contribution in [1.82, 2.24) is 0 Å². The fourth-order valence-electron chi connectivity index (χ4n) is 2.44. The van der Waals surface area contributed by atoms with E-state index in [9.17, 15) is 9.18 Å². The van der Waals surface area contributed by atoms with Crippen molar-refractivity contribution >= 4 is 11.9 Å². The molecule has 1 aliphatic carbocycles. The molecule has 0 amide bonds. The maximum absolute atomic E-state index is 13.6. The minimum Gasteiger partial charge on any atom is -0.494 e. The fourth-order valence-corrected chi connectivity index (χ4v) is 2.44. The summed E-state index contributed by atoms with van der Waals surface area (Å²) in [4.78, 5) is 12.2. The number of benzene rings is 2. The van der Waals surface area contributed by atoms with Crippen LogP contribution in [0.1, 0.15) is 21.5 Å². The van der Waals surface area contributed by atoms with E-state index in [-0.39, 0.29) is 11.5 Å². The summed E-state index contributed by atoms with van der Waals surface area (Å²) in [6.07, 6.45) is 2.34. The molecule has 0 N–H and O–H groups in total. The number of Topliss-reactive ketones (excluding diaryl/α,β-unsaturated/α-hetero) is 1. The van der Waals surface area contributed by atoms with Gasteiger partial charge in [0.15, 0.2) is 17.3 Å². The van der Waals surface area contributed by atoms with Gasteiger partial charge in [-0.25, -0.2) is 4.39 Å². The molecule has 0 unspecified atom stereocenters. The predicted molar refractivity (Wildman–Crippen MR) is 75.4 cm³/mol. The minimum absolute atomic E-state index is 0.0248. The van der Waals surface area contributed by atoms with Crippen LogP contribution in [0.2, 0.25) is 0 Å². The Morgan fingerprint density at radius 2 is 2.00 bits per heavy atom. The van der Waals surface area contributed by atoms with Crippen LogP contribution in [0.4, 0.5) is 4.39 Å². The van der Waals surface area contributed by atoms with Crippen molar-refractivity contribution in [2.75, 3.05) is 7.11 Å². The number of carbonyl (C=O) groups is 1. The number of ketones is 1. The summed E-state index contributed by atoms with van der Waals surface area (Å²) in [5, 5.41) is 0. The smallest absolute Gasteiger partial charge is 0.189 e. The first-order valence-electron chi connectivity index (χ1n) is 6.36. The van der Waals surface area contributed by atoms with Gasteiger partial charge in [-0.1, -0.05) is 30.3 Å². The van der Waals surface area contributed by atoms with E-state index in [0.29, 0.717) is 17.6 Å². The highest BCUT2D eigenvalue weighted by Crippen LogP contribution is 2.28. The number of hydrogen-bond acceptors (Lipinski definition) is 2. The van der Waals surface area contributed by atoms with Gasteiger partial charge in [-0.3, -0.25) is 4.79 Å². The second-order valence-electron chi connectivity index (χ2n) is 4.73. The molecule has 0 aliphatic heterocycles. The summed E-state index contributed by atoms with van der Waals surface area (Å²) in [5.41, 5.74) is 3.13. The van der Waals surface area contributed by atoms with Crippen LogP contribution < -0.4 is 4.74 Å². The zero-order chi connectivity index (χ0) is 14.1. The van der Waals surface area contributed by atoms with E-state index in [1.807, 2.05) is 24.3 Å². The van der Waals surface area contributed by atoms with Gasteiger partial charge in [0.1, 0.15) is 0 Å². The molecule has 0 saturated carbocycles. The van der Waals surface area contributed by atoms with Crippen molar-refractivity contribution in [2.45, 2.75) is 6.42 Å².